The van der Waals surface area contributed by atoms with Crippen molar-refractivity contribution in [2.75, 3.05) is 0 Å². The molecule has 2 heterocycles. The van der Waals surface area contributed by atoms with Crippen LogP contribution in [0.15, 0.2) is 15.8 Å². The zero-order chi connectivity index (χ0) is 15.8. The number of aliphatic hydroxyl groups excluding tert-OH is 2. The first-order valence-corrected chi connectivity index (χ1v) is 6.51. The fourth-order valence-corrected chi connectivity index (χ4v) is 2.54. The highest BCUT2D eigenvalue weighted by molar-refractivity contribution is 6.27. The second-order valence-electron chi connectivity index (χ2n) is 4.67. The number of alkyl halides is 1. The molecule has 1 aromatic heterocycles. The lowest BCUT2D eigenvalue weighted by Gasteiger charge is -2.24. The Morgan fingerprint density at radius 1 is 1.62 bits per heavy atom. The zero-order valence-electron chi connectivity index (χ0n) is 11.3. The standard InChI is InChI=1S/C12H14ClN3O5/c1-3-4-12(13)9(19)8(6(2)17)21-10(12)16-11(20)15-7(18)5-14-16/h5-6,8-10,17,19H,1-2H3,(H,15,18,20)/t6-,8+,9-,10+,12?/m0/s1. The largest absolute Gasteiger partial charge is 0.391 e. The van der Waals surface area contributed by atoms with Crippen LogP contribution >= 0.6 is 11.6 Å². The van der Waals surface area contributed by atoms with E-state index >= 15 is 0 Å². The van der Waals surface area contributed by atoms with Gasteiger partial charge >= 0.3 is 5.69 Å². The van der Waals surface area contributed by atoms with Gasteiger partial charge in [0.15, 0.2) is 11.1 Å². The van der Waals surface area contributed by atoms with Gasteiger partial charge < -0.3 is 14.9 Å². The molecule has 1 saturated heterocycles. The molecule has 2 rings (SSSR count). The first kappa shape index (κ1) is 15.7. The SMILES string of the molecule is CC#CC1(Cl)[C@@H](O)[C@@H]([C@H](C)O)O[C@H]1n1ncc(=O)[nH]c1=O. The van der Waals surface area contributed by atoms with E-state index in [1.165, 1.54) is 13.8 Å². The number of hydrogen-bond donors (Lipinski definition) is 3. The van der Waals surface area contributed by atoms with E-state index < -0.39 is 40.7 Å². The van der Waals surface area contributed by atoms with Crippen molar-refractivity contribution in [1.82, 2.24) is 14.8 Å². The third kappa shape index (κ3) is 2.61. The Kier molecular flexibility index (Phi) is 4.20. The van der Waals surface area contributed by atoms with Crippen LogP contribution in [0.25, 0.3) is 0 Å². The normalized spacial score (nSPS) is 33.3. The first-order valence-electron chi connectivity index (χ1n) is 6.14. The number of rotatable bonds is 2. The van der Waals surface area contributed by atoms with Crippen LogP contribution < -0.4 is 11.2 Å². The maximum absolute atomic E-state index is 11.8. The minimum Gasteiger partial charge on any atom is -0.391 e. The maximum Gasteiger partial charge on any atom is 0.347 e. The average Bonchev–Trinajstić information content (AvgIpc) is 2.64. The summed E-state index contributed by atoms with van der Waals surface area (Å²) in [4.78, 5) is 23.2. The molecular weight excluding hydrogens is 302 g/mol. The highest BCUT2D eigenvalue weighted by atomic mass is 35.5. The van der Waals surface area contributed by atoms with Crippen LogP contribution in [-0.4, -0.2) is 48.2 Å². The van der Waals surface area contributed by atoms with Gasteiger partial charge in [-0.2, -0.15) is 9.78 Å². The fourth-order valence-electron chi connectivity index (χ4n) is 2.18. The number of halogens is 1. The number of aliphatic hydroxyl groups is 2. The molecule has 21 heavy (non-hydrogen) atoms. The van der Waals surface area contributed by atoms with Gasteiger partial charge in [0.1, 0.15) is 18.4 Å². The van der Waals surface area contributed by atoms with Gasteiger partial charge in [0.05, 0.1) is 6.10 Å². The summed E-state index contributed by atoms with van der Waals surface area (Å²) in [7, 11) is 0. The number of nitrogens with zero attached hydrogens (tertiary/aromatic N) is 2. The molecule has 0 amide bonds. The van der Waals surface area contributed by atoms with Gasteiger partial charge in [-0.05, 0) is 13.8 Å². The summed E-state index contributed by atoms with van der Waals surface area (Å²) < 4.78 is 6.24. The van der Waals surface area contributed by atoms with Gasteiger partial charge in [-0.1, -0.05) is 17.5 Å². The second-order valence-corrected chi connectivity index (χ2v) is 5.29. The van der Waals surface area contributed by atoms with Crippen molar-refractivity contribution in [3.8, 4) is 11.8 Å². The van der Waals surface area contributed by atoms with Crippen molar-refractivity contribution in [2.24, 2.45) is 0 Å². The highest BCUT2D eigenvalue weighted by Crippen LogP contribution is 2.43. The van der Waals surface area contributed by atoms with Crippen molar-refractivity contribution >= 4 is 11.6 Å². The van der Waals surface area contributed by atoms with Gasteiger partial charge in [0.2, 0.25) is 0 Å². The molecule has 0 aromatic carbocycles. The van der Waals surface area contributed by atoms with E-state index in [0.717, 1.165) is 10.9 Å². The van der Waals surface area contributed by atoms with E-state index in [0.29, 0.717) is 0 Å². The Bertz CT molecular complexity index is 703. The molecule has 0 spiro atoms. The lowest BCUT2D eigenvalue weighted by atomic mass is 9.97. The topological polar surface area (TPSA) is 117 Å². The summed E-state index contributed by atoms with van der Waals surface area (Å²) in [6.45, 7) is 2.92. The number of hydrogen-bond acceptors (Lipinski definition) is 6. The second kappa shape index (κ2) is 5.61. The summed E-state index contributed by atoms with van der Waals surface area (Å²) >= 11 is 6.32. The molecule has 5 atom stereocenters. The summed E-state index contributed by atoms with van der Waals surface area (Å²) in [5, 5.41) is 23.6. The Hall–Kier alpha value is -1.66. The summed E-state index contributed by atoms with van der Waals surface area (Å²) in [5.41, 5.74) is -1.53. The van der Waals surface area contributed by atoms with Crippen LogP contribution in [0, 0.1) is 11.8 Å². The van der Waals surface area contributed by atoms with E-state index in [2.05, 4.69) is 16.9 Å². The molecule has 1 aliphatic rings. The molecule has 1 unspecified atom stereocenters. The minimum atomic E-state index is -1.68. The molecule has 1 aliphatic heterocycles. The summed E-state index contributed by atoms with van der Waals surface area (Å²) in [6, 6.07) is 0. The molecular formula is C12H14ClN3O5. The Balaban J connectivity index is 2.56. The van der Waals surface area contributed by atoms with Gasteiger partial charge in [0, 0.05) is 0 Å². The van der Waals surface area contributed by atoms with E-state index in [1.54, 1.807) is 0 Å². The minimum absolute atomic E-state index is 0.677. The van der Waals surface area contributed by atoms with E-state index in [1.807, 2.05) is 4.98 Å². The summed E-state index contributed by atoms with van der Waals surface area (Å²) in [5.74, 6) is 5.14. The molecule has 0 bridgehead atoms. The van der Waals surface area contributed by atoms with Gasteiger partial charge in [-0.3, -0.25) is 9.78 Å². The molecule has 1 aromatic rings. The number of H-pyrrole nitrogens is 1. The third-order valence-corrected chi connectivity index (χ3v) is 3.64. The average molecular weight is 316 g/mol. The van der Waals surface area contributed by atoms with E-state index in [9.17, 15) is 19.8 Å². The molecule has 9 heteroatoms. The molecule has 1 fully saturated rings. The predicted octanol–water partition coefficient (Wildman–Crippen LogP) is -1.43. The van der Waals surface area contributed by atoms with Crippen molar-refractivity contribution < 1.29 is 14.9 Å². The number of nitrogens with one attached hydrogen (secondary N) is 1. The van der Waals surface area contributed by atoms with Gasteiger partial charge in [0.25, 0.3) is 5.56 Å². The first-order chi connectivity index (χ1) is 9.81. The van der Waals surface area contributed by atoms with Crippen molar-refractivity contribution in [2.45, 2.75) is 43.3 Å². The number of aromatic amines is 1. The molecule has 3 N–H and O–H groups in total. The third-order valence-electron chi connectivity index (χ3n) is 3.14. The predicted molar refractivity (Wildman–Crippen MR) is 72.7 cm³/mol. The van der Waals surface area contributed by atoms with E-state index in [-0.39, 0.29) is 0 Å². The molecule has 0 aliphatic carbocycles. The molecule has 0 radical (unpaired) electrons. The Morgan fingerprint density at radius 3 is 2.81 bits per heavy atom. The zero-order valence-corrected chi connectivity index (χ0v) is 12.0. The van der Waals surface area contributed by atoms with E-state index in [4.69, 9.17) is 16.3 Å². The fraction of sp³-hybridized carbons (Fsp3) is 0.583. The van der Waals surface area contributed by atoms with Crippen LogP contribution in [0.5, 0.6) is 0 Å². The van der Waals surface area contributed by atoms with Crippen molar-refractivity contribution in [3.05, 3.63) is 27.0 Å². The highest BCUT2D eigenvalue weighted by Gasteiger charge is 2.57. The van der Waals surface area contributed by atoms with Gasteiger partial charge in [-0.25, -0.2) is 4.79 Å². The van der Waals surface area contributed by atoms with Crippen LogP contribution in [0.2, 0.25) is 0 Å². The lowest BCUT2D eigenvalue weighted by Crippen LogP contribution is -2.46. The molecule has 0 saturated carbocycles. The quantitative estimate of drug-likeness (QED) is 0.455. The van der Waals surface area contributed by atoms with Crippen LogP contribution in [0.3, 0.4) is 0 Å². The Morgan fingerprint density at radius 2 is 2.29 bits per heavy atom. The van der Waals surface area contributed by atoms with Crippen LogP contribution in [0.1, 0.15) is 20.1 Å². The number of ether oxygens (including phenoxy) is 1. The molecule has 114 valence electrons. The van der Waals surface area contributed by atoms with Crippen molar-refractivity contribution in [1.29, 1.82) is 0 Å². The lowest BCUT2D eigenvalue weighted by molar-refractivity contribution is -0.0810. The van der Waals surface area contributed by atoms with Crippen LogP contribution in [0.4, 0.5) is 0 Å². The van der Waals surface area contributed by atoms with Crippen LogP contribution in [-0.2, 0) is 4.74 Å². The Labute approximate surface area is 124 Å². The summed E-state index contributed by atoms with van der Waals surface area (Å²) in [6.07, 6.45) is -3.82. The van der Waals surface area contributed by atoms with Crippen molar-refractivity contribution in [3.63, 3.8) is 0 Å². The molecule has 8 nitrogen and oxygen atoms in total. The number of aromatic nitrogens is 3. The smallest absolute Gasteiger partial charge is 0.347 e. The monoisotopic (exact) mass is 315 g/mol. The maximum atomic E-state index is 11.8. The van der Waals surface area contributed by atoms with Gasteiger partial charge in [-0.15, -0.1) is 5.92 Å².